The van der Waals surface area contributed by atoms with Crippen molar-refractivity contribution < 1.29 is 14.3 Å². The topological polar surface area (TPSA) is 50.9 Å². The van der Waals surface area contributed by atoms with Gasteiger partial charge < -0.3 is 14.8 Å². The summed E-state index contributed by atoms with van der Waals surface area (Å²) in [6.07, 6.45) is 4.30. The van der Waals surface area contributed by atoms with Crippen molar-refractivity contribution in [1.82, 2.24) is 5.32 Å². The number of alkyl carbamates (subject to hydrolysis) is 1. The van der Waals surface area contributed by atoms with E-state index in [1.807, 2.05) is 51.1 Å². The molecule has 158 valence electrons. The Morgan fingerprint density at radius 1 is 1.07 bits per heavy atom. The van der Waals surface area contributed by atoms with Crippen LogP contribution in [0.3, 0.4) is 0 Å². The summed E-state index contributed by atoms with van der Waals surface area (Å²) in [5.74, 6) is 0. The molecule has 1 saturated heterocycles. The number of nitrogens with one attached hydrogen (secondary N) is 1. The molecule has 1 fully saturated rings. The van der Waals surface area contributed by atoms with E-state index >= 15 is 0 Å². The monoisotopic (exact) mass is 397 g/mol. The number of amides is 1. The van der Waals surface area contributed by atoms with Gasteiger partial charge in [0.05, 0.1) is 12.6 Å². The van der Waals surface area contributed by atoms with Crippen LogP contribution in [0.15, 0.2) is 60.7 Å². The van der Waals surface area contributed by atoms with Crippen molar-refractivity contribution in [2.75, 3.05) is 6.61 Å². The van der Waals surface area contributed by atoms with E-state index in [2.05, 4.69) is 42.6 Å². The van der Waals surface area contributed by atoms with Crippen LogP contribution in [0.4, 0.5) is 4.79 Å². The highest BCUT2D eigenvalue weighted by molar-refractivity contribution is 5.68. The summed E-state index contributed by atoms with van der Waals surface area (Å²) in [6.45, 7) is 8.49. The lowest BCUT2D eigenvalue weighted by Gasteiger charge is -2.23. The normalized spacial score (nSPS) is 16.2. The zero-order chi connectivity index (χ0) is 21.1. The smallest absolute Gasteiger partial charge is 0.407 e. The van der Waals surface area contributed by atoms with Crippen LogP contribution in [0.1, 0.15) is 51.7 Å². The van der Waals surface area contributed by atoms with Gasteiger partial charge in [0.1, 0.15) is 11.7 Å². The molecule has 4 heteroatoms. The molecule has 29 heavy (non-hydrogen) atoms. The Morgan fingerprint density at radius 2 is 1.62 bits per heavy atom. The van der Waals surface area contributed by atoms with E-state index in [-0.39, 0.29) is 18.2 Å². The van der Waals surface area contributed by atoms with Crippen LogP contribution >= 0.6 is 0 Å². The van der Waals surface area contributed by atoms with Gasteiger partial charge in [0.15, 0.2) is 0 Å². The summed E-state index contributed by atoms with van der Waals surface area (Å²) in [5, 5.41) is 2.90. The molecule has 4 nitrogen and oxygen atoms in total. The van der Waals surface area contributed by atoms with Crippen molar-refractivity contribution in [1.29, 1.82) is 0 Å². The van der Waals surface area contributed by atoms with Gasteiger partial charge in [-0.3, -0.25) is 0 Å². The third-order valence-corrected chi connectivity index (χ3v) is 4.47. The minimum Gasteiger partial charge on any atom is -0.444 e. The van der Waals surface area contributed by atoms with Crippen molar-refractivity contribution in [3.05, 3.63) is 71.8 Å². The number of carbonyl (C=O) groups is 1. The number of aryl methyl sites for hydroxylation is 1. The maximum Gasteiger partial charge on any atom is 0.407 e. The van der Waals surface area contributed by atoms with Gasteiger partial charge in [0, 0.05) is 0 Å². The quantitative estimate of drug-likeness (QED) is 0.623. The Balaban J connectivity index is 0.000000253. The average Bonchev–Trinajstić information content (AvgIpc) is 3.52. The molecule has 2 atom stereocenters. The molecule has 3 rings (SSSR count). The van der Waals surface area contributed by atoms with Crippen LogP contribution in [-0.4, -0.2) is 30.4 Å². The first-order valence-corrected chi connectivity index (χ1v) is 10.6. The molecule has 0 spiro atoms. The fourth-order valence-corrected chi connectivity index (χ4v) is 2.92. The van der Waals surface area contributed by atoms with Gasteiger partial charge >= 0.3 is 6.09 Å². The van der Waals surface area contributed by atoms with Crippen molar-refractivity contribution in [3.63, 3.8) is 0 Å². The minimum atomic E-state index is -0.480. The molecule has 0 bridgehead atoms. The third kappa shape index (κ3) is 10.1. The molecule has 0 aliphatic carbocycles. The van der Waals surface area contributed by atoms with Crippen molar-refractivity contribution in [3.8, 4) is 0 Å². The number of epoxide rings is 1. The third-order valence-electron chi connectivity index (χ3n) is 4.47. The predicted molar refractivity (Wildman–Crippen MR) is 118 cm³/mol. The number of carbonyl (C=O) groups excluding carboxylic acids is 1. The minimum absolute atomic E-state index is 0.0303. The van der Waals surface area contributed by atoms with Crippen molar-refractivity contribution >= 4 is 6.09 Å². The molecule has 1 heterocycles. The second-order valence-corrected chi connectivity index (χ2v) is 8.40. The molecule has 1 N–H and O–H groups in total. The predicted octanol–water partition coefficient (Wildman–Crippen LogP) is 5.55. The fourth-order valence-electron chi connectivity index (χ4n) is 2.92. The number of hydrogen-bond donors (Lipinski definition) is 1. The highest BCUT2D eigenvalue weighted by Gasteiger charge is 2.34. The average molecular weight is 398 g/mol. The Kier molecular flexibility index (Phi) is 9.20. The maximum atomic E-state index is 11.8. The summed E-state index contributed by atoms with van der Waals surface area (Å²) in [5.41, 5.74) is 2.16. The lowest BCUT2D eigenvalue weighted by Crippen LogP contribution is -2.43. The summed E-state index contributed by atoms with van der Waals surface area (Å²) in [6, 6.07) is 20.7. The first-order chi connectivity index (χ1) is 13.9. The van der Waals surface area contributed by atoms with Gasteiger partial charge in [-0.25, -0.2) is 4.79 Å². The molecule has 0 saturated carbocycles. The molecule has 2 aromatic rings. The van der Waals surface area contributed by atoms with Gasteiger partial charge in [-0.05, 0) is 51.2 Å². The van der Waals surface area contributed by atoms with E-state index in [1.54, 1.807) is 0 Å². The molecule has 2 aromatic carbocycles. The van der Waals surface area contributed by atoms with E-state index in [0.29, 0.717) is 6.61 Å². The number of rotatable bonds is 7. The van der Waals surface area contributed by atoms with E-state index in [4.69, 9.17) is 9.47 Å². The van der Waals surface area contributed by atoms with Gasteiger partial charge in [-0.1, -0.05) is 74.0 Å². The standard InChI is InChI=1S/C15H21NO3.C10H14/c1-15(2,3)19-14(17)16-12(13-10-18-13)9-11-7-5-4-6-8-11;1-2-3-7-10-8-5-4-6-9-10/h4-8,12-13H,9-10H2,1-3H3,(H,16,17);4-6,8-9H,2-3,7H2,1H3/t12-,13-;/m0./s1. The molecule has 1 amide bonds. The first kappa shape index (κ1) is 23.0. The lowest BCUT2D eigenvalue weighted by molar-refractivity contribution is 0.0495. The van der Waals surface area contributed by atoms with Crippen LogP contribution in [0.5, 0.6) is 0 Å². The lowest BCUT2D eigenvalue weighted by atomic mass is 10.0. The van der Waals surface area contributed by atoms with E-state index < -0.39 is 5.60 Å². The molecular weight excluding hydrogens is 362 g/mol. The SMILES string of the molecule is CC(C)(C)OC(=O)N[C@@H](Cc1ccccc1)[C@@H]1CO1.CCCCc1ccccc1. The summed E-state index contributed by atoms with van der Waals surface area (Å²) < 4.78 is 10.6. The Hall–Kier alpha value is -2.33. The summed E-state index contributed by atoms with van der Waals surface area (Å²) >= 11 is 0. The van der Waals surface area contributed by atoms with Crippen LogP contribution < -0.4 is 5.32 Å². The van der Waals surface area contributed by atoms with E-state index in [1.165, 1.54) is 30.4 Å². The Morgan fingerprint density at radius 3 is 2.10 bits per heavy atom. The largest absolute Gasteiger partial charge is 0.444 e. The van der Waals surface area contributed by atoms with Crippen LogP contribution in [0.2, 0.25) is 0 Å². The fraction of sp³-hybridized carbons (Fsp3) is 0.480. The summed E-state index contributed by atoms with van der Waals surface area (Å²) in [4.78, 5) is 11.8. The van der Waals surface area contributed by atoms with Crippen molar-refractivity contribution in [2.24, 2.45) is 0 Å². The molecule has 1 aliphatic heterocycles. The molecule has 0 radical (unpaired) electrons. The Bertz CT molecular complexity index is 706. The Labute approximate surface area is 175 Å². The highest BCUT2D eigenvalue weighted by atomic mass is 16.6. The highest BCUT2D eigenvalue weighted by Crippen LogP contribution is 2.19. The second kappa shape index (κ2) is 11.6. The molecule has 0 unspecified atom stereocenters. The first-order valence-electron chi connectivity index (χ1n) is 10.6. The molecular formula is C25H35NO3. The van der Waals surface area contributed by atoms with Crippen LogP contribution in [0.25, 0.3) is 0 Å². The van der Waals surface area contributed by atoms with Crippen LogP contribution in [0, 0.1) is 0 Å². The van der Waals surface area contributed by atoms with Gasteiger partial charge in [0.2, 0.25) is 0 Å². The second-order valence-electron chi connectivity index (χ2n) is 8.40. The zero-order valence-electron chi connectivity index (χ0n) is 18.2. The van der Waals surface area contributed by atoms with Gasteiger partial charge in [0.25, 0.3) is 0 Å². The molecule has 1 aliphatic rings. The number of ether oxygens (including phenoxy) is 2. The number of benzene rings is 2. The number of hydrogen-bond acceptors (Lipinski definition) is 3. The van der Waals surface area contributed by atoms with Crippen LogP contribution in [-0.2, 0) is 22.3 Å². The molecule has 0 aromatic heterocycles. The summed E-state index contributed by atoms with van der Waals surface area (Å²) in [7, 11) is 0. The van der Waals surface area contributed by atoms with Crippen molar-refractivity contribution in [2.45, 2.75) is 71.1 Å². The van der Waals surface area contributed by atoms with Gasteiger partial charge in [-0.15, -0.1) is 0 Å². The maximum absolute atomic E-state index is 11.8. The van der Waals surface area contributed by atoms with Gasteiger partial charge in [-0.2, -0.15) is 0 Å². The van der Waals surface area contributed by atoms with E-state index in [9.17, 15) is 4.79 Å². The number of unbranched alkanes of at least 4 members (excludes halogenated alkanes) is 1. The van der Waals surface area contributed by atoms with E-state index in [0.717, 1.165) is 6.42 Å². The zero-order valence-corrected chi connectivity index (χ0v) is 18.2.